The first-order valence-electron chi connectivity index (χ1n) is 6.87. The van der Waals surface area contributed by atoms with Crippen molar-refractivity contribution in [3.05, 3.63) is 46.8 Å². The summed E-state index contributed by atoms with van der Waals surface area (Å²) < 4.78 is 10.0. The largest absolute Gasteiger partial charge is 0.449 e. The van der Waals surface area contributed by atoms with E-state index in [-0.39, 0.29) is 5.56 Å². The summed E-state index contributed by atoms with van der Waals surface area (Å²) >= 11 is 0. The lowest BCUT2D eigenvalue weighted by atomic mass is 10.2. The van der Waals surface area contributed by atoms with Crippen LogP contribution in [0.2, 0.25) is 0 Å². The van der Waals surface area contributed by atoms with E-state index < -0.39 is 18.0 Å². The normalized spacial score (nSPS) is 11.4. The van der Waals surface area contributed by atoms with Crippen molar-refractivity contribution in [1.29, 1.82) is 5.26 Å². The van der Waals surface area contributed by atoms with Gasteiger partial charge in [0, 0.05) is 5.69 Å². The van der Waals surface area contributed by atoms with E-state index in [0.717, 1.165) is 0 Å². The molecule has 7 nitrogen and oxygen atoms in total. The van der Waals surface area contributed by atoms with Crippen LogP contribution in [0.25, 0.3) is 0 Å². The molecule has 0 saturated heterocycles. The summed E-state index contributed by atoms with van der Waals surface area (Å²) in [7, 11) is 0. The van der Waals surface area contributed by atoms with Crippen molar-refractivity contribution < 1.29 is 18.8 Å². The number of esters is 1. The molecule has 0 fully saturated rings. The van der Waals surface area contributed by atoms with Gasteiger partial charge >= 0.3 is 5.97 Å². The molecule has 0 saturated carbocycles. The van der Waals surface area contributed by atoms with Crippen LogP contribution in [0.1, 0.15) is 34.3 Å². The molecule has 1 N–H and O–H groups in total. The molecular weight excluding hydrogens is 298 g/mol. The first kappa shape index (κ1) is 16.2. The lowest BCUT2D eigenvalue weighted by Crippen LogP contribution is -2.30. The fourth-order valence-electron chi connectivity index (χ4n) is 1.96. The summed E-state index contributed by atoms with van der Waals surface area (Å²) in [6.07, 6.45) is -1.01. The third-order valence-electron chi connectivity index (χ3n) is 3.15. The maximum Gasteiger partial charge on any atom is 0.344 e. The highest BCUT2D eigenvalue weighted by Gasteiger charge is 2.24. The number of amides is 1. The number of hydrogen-bond acceptors (Lipinski definition) is 6. The van der Waals surface area contributed by atoms with Crippen molar-refractivity contribution in [1.82, 2.24) is 5.16 Å². The van der Waals surface area contributed by atoms with E-state index in [1.165, 1.54) is 13.0 Å². The lowest BCUT2D eigenvalue weighted by Gasteiger charge is -2.13. The first-order chi connectivity index (χ1) is 10.9. The van der Waals surface area contributed by atoms with Crippen molar-refractivity contribution >= 4 is 17.6 Å². The third kappa shape index (κ3) is 3.74. The van der Waals surface area contributed by atoms with E-state index in [2.05, 4.69) is 10.5 Å². The Hall–Kier alpha value is -3.14. The molecule has 1 heterocycles. The number of nitriles is 1. The Morgan fingerprint density at radius 3 is 2.74 bits per heavy atom. The maximum atomic E-state index is 12.1. The van der Waals surface area contributed by atoms with Gasteiger partial charge in [-0.25, -0.2) is 4.79 Å². The Labute approximate surface area is 132 Å². The van der Waals surface area contributed by atoms with Gasteiger partial charge in [-0.2, -0.15) is 5.26 Å². The molecule has 0 aliphatic heterocycles. The number of hydrogen-bond donors (Lipinski definition) is 1. The Morgan fingerprint density at radius 2 is 2.13 bits per heavy atom. The fourth-order valence-corrected chi connectivity index (χ4v) is 1.96. The van der Waals surface area contributed by atoms with Crippen LogP contribution in [0.15, 0.2) is 28.8 Å². The van der Waals surface area contributed by atoms with Gasteiger partial charge in [0.15, 0.2) is 6.10 Å². The van der Waals surface area contributed by atoms with Crippen molar-refractivity contribution in [2.24, 2.45) is 0 Å². The molecule has 2 rings (SSSR count). The fraction of sp³-hybridized carbons (Fsp3) is 0.250. The topological polar surface area (TPSA) is 105 Å². The van der Waals surface area contributed by atoms with E-state index in [1.54, 1.807) is 32.0 Å². The monoisotopic (exact) mass is 313 g/mol. The van der Waals surface area contributed by atoms with Gasteiger partial charge in [-0.15, -0.1) is 0 Å². The van der Waals surface area contributed by atoms with Crippen LogP contribution in [-0.4, -0.2) is 23.1 Å². The minimum atomic E-state index is -1.01. The Kier molecular flexibility index (Phi) is 4.76. The molecule has 1 amide bonds. The zero-order valence-corrected chi connectivity index (χ0v) is 12.9. The zero-order chi connectivity index (χ0) is 17.0. The van der Waals surface area contributed by atoms with Crippen LogP contribution in [0, 0.1) is 25.2 Å². The molecule has 23 heavy (non-hydrogen) atoms. The second kappa shape index (κ2) is 6.75. The van der Waals surface area contributed by atoms with Gasteiger partial charge in [-0.3, -0.25) is 4.79 Å². The number of carbonyl (C=O) groups excluding carboxylic acids is 2. The van der Waals surface area contributed by atoms with Crippen LogP contribution in [0.5, 0.6) is 0 Å². The molecule has 2 aromatic rings. The molecule has 0 unspecified atom stereocenters. The highest BCUT2D eigenvalue weighted by atomic mass is 16.5. The smallest absolute Gasteiger partial charge is 0.344 e. The second-order valence-electron chi connectivity index (χ2n) is 4.93. The molecule has 1 aromatic carbocycles. The van der Waals surface area contributed by atoms with E-state index in [0.29, 0.717) is 22.7 Å². The van der Waals surface area contributed by atoms with Gasteiger partial charge in [-0.1, -0.05) is 11.2 Å². The van der Waals surface area contributed by atoms with Gasteiger partial charge in [0.05, 0.1) is 17.3 Å². The first-order valence-corrected chi connectivity index (χ1v) is 6.87. The average Bonchev–Trinajstić information content (AvgIpc) is 2.86. The number of anilines is 1. The third-order valence-corrected chi connectivity index (χ3v) is 3.15. The molecule has 1 aromatic heterocycles. The van der Waals surface area contributed by atoms with E-state index in [9.17, 15) is 9.59 Å². The van der Waals surface area contributed by atoms with Crippen LogP contribution >= 0.6 is 0 Å². The van der Waals surface area contributed by atoms with Gasteiger partial charge in [0.25, 0.3) is 5.91 Å². The Bertz CT molecular complexity index is 769. The minimum Gasteiger partial charge on any atom is -0.449 e. The van der Waals surface area contributed by atoms with E-state index in [1.807, 2.05) is 6.07 Å². The molecule has 0 aliphatic carbocycles. The highest BCUT2D eigenvalue weighted by Crippen LogP contribution is 2.15. The number of ether oxygens (including phenoxy) is 1. The Morgan fingerprint density at radius 1 is 1.39 bits per heavy atom. The number of nitrogens with zero attached hydrogens (tertiary/aromatic N) is 2. The van der Waals surface area contributed by atoms with Crippen LogP contribution in [-0.2, 0) is 9.53 Å². The van der Waals surface area contributed by atoms with E-state index >= 15 is 0 Å². The molecule has 7 heteroatoms. The molecule has 0 radical (unpaired) electrons. The van der Waals surface area contributed by atoms with Gasteiger partial charge in [0.1, 0.15) is 11.3 Å². The molecule has 0 bridgehead atoms. The standard InChI is InChI=1S/C16H15N3O4/c1-9-14(10(2)23-19-9)16(21)22-11(3)15(20)18-13-6-4-5-12(7-13)8-17/h4-7,11H,1-3H3,(H,18,20)/t11-/m0/s1. The van der Waals surface area contributed by atoms with Gasteiger partial charge in [-0.05, 0) is 39.0 Å². The number of rotatable bonds is 4. The number of benzene rings is 1. The molecule has 0 spiro atoms. The van der Waals surface area contributed by atoms with Crippen LogP contribution < -0.4 is 5.32 Å². The lowest BCUT2D eigenvalue weighted by molar-refractivity contribution is -0.123. The molecular formula is C16H15N3O4. The summed E-state index contributed by atoms with van der Waals surface area (Å²) in [5, 5.41) is 15.1. The number of aryl methyl sites for hydroxylation is 2. The summed E-state index contributed by atoms with van der Waals surface area (Å²) in [5.41, 5.74) is 1.50. The number of carbonyl (C=O) groups is 2. The van der Waals surface area contributed by atoms with Crippen molar-refractivity contribution in [3.63, 3.8) is 0 Å². The summed E-state index contributed by atoms with van der Waals surface area (Å²) in [6, 6.07) is 8.42. The average molecular weight is 313 g/mol. The highest BCUT2D eigenvalue weighted by molar-refractivity contribution is 5.98. The maximum absolute atomic E-state index is 12.1. The van der Waals surface area contributed by atoms with Crippen LogP contribution in [0.3, 0.4) is 0 Å². The zero-order valence-electron chi connectivity index (χ0n) is 12.9. The quantitative estimate of drug-likeness (QED) is 0.869. The summed E-state index contributed by atoms with van der Waals surface area (Å²) in [5.74, 6) is -0.836. The summed E-state index contributed by atoms with van der Waals surface area (Å²) in [4.78, 5) is 24.1. The van der Waals surface area contributed by atoms with Crippen LogP contribution in [0.4, 0.5) is 5.69 Å². The van der Waals surface area contributed by atoms with Gasteiger partial charge < -0.3 is 14.6 Å². The summed E-state index contributed by atoms with van der Waals surface area (Å²) in [6.45, 7) is 4.67. The number of nitrogens with one attached hydrogen (secondary N) is 1. The van der Waals surface area contributed by atoms with Crippen molar-refractivity contribution in [2.75, 3.05) is 5.32 Å². The minimum absolute atomic E-state index is 0.219. The van der Waals surface area contributed by atoms with Crippen molar-refractivity contribution in [3.8, 4) is 6.07 Å². The Balaban J connectivity index is 2.03. The van der Waals surface area contributed by atoms with Gasteiger partial charge in [0.2, 0.25) is 0 Å². The SMILES string of the molecule is Cc1noc(C)c1C(=O)O[C@@H](C)C(=O)Nc1cccc(C#N)c1. The predicted octanol–water partition coefficient (Wildman–Crippen LogP) is 2.35. The second-order valence-corrected chi connectivity index (χ2v) is 4.93. The predicted molar refractivity (Wildman–Crippen MR) is 80.6 cm³/mol. The number of aromatic nitrogens is 1. The van der Waals surface area contributed by atoms with E-state index in [4.69, 9.17) is 14.5 Å². The molecule has 1 atom stereocenters. The van der Waals surface area contributed by atoms with Crippen molar-refractivity contribution in [2.45, 2.75) is 26.9 Å². The molecule has 0 aliphatic rings. The molecule has 118 valence electrons.